The molecule has 0 saturated carbocycles. The number of rotatable bonds is 7. The highest BCUT2D eigenvalue weighted by Crippen LogP contribution is 2.29. The zero-order valence-corrected chi connectivity index (χ0v) is 22.4. The average Bonchev–Trinajstić information content (AvgIpc) is 2.71. The molecule has 0 spiro atoms. The first-order valence-electron chi connectivity index (χ1n) is 12.0. The molecule has 0 aliphatic carbocycles. The minimum absolute atomic E-state index is 0.0223. The van der Waals surface area contributed by atoms with Gasteiger partial charge in [0.15, 0.2) is 0 Å². The van der Waals surface area contributed by atoms with E-state index in [1.54, 1.807) is 4.31 Å². The van der Waals surface area contributed by atoms with Crippen LogP contribution in [0.5, 0.6) is 0 Å². The molecule has 188 valence electrons. The van der Waals surface area contributed by atoms with E-state index in [0.717, 1.165) is 51.9 Å². The minimum atomic E-state index is -3.17. The van der Waals surface area contributed by atoms with Crippen LogP contribution in [-0.2, 0) is 14.8 Å². The van der Waals surface area contributed by atoms with Gasteiger partial charge in [0.25, 0.3) is 0 Å². The third-order valence-electron chi connectivity index (χ3n) is 7.35. The third kappa shape index (κ3) is 6.81. The summed E-state index contributed by atoms with van der Waals surface area (Å²) in [6.07, 6.45) is 4.85. The Morgan fingerprint density at radius 2 is 1.56 bits per heavy atom. The van der Waals surface area contributed by atoms with Crippen LogP contribution in [0.4, 0.5) is 4.79 Å². The summed E-state index contributed by atoms with van der Waals surface area (Å²) in [4.78, 5) is 19.1. The molecular formula is C23H46N4O4S. The Hall–Kier alpha value is -0.900. The van der Waals surface area contributed by atoms with Gasteiger partial charge in [0, 0.05) is 62.4 Å². The Kier molecular flexibility index (Phi) is 9.03. The molecule has 0 aromatic carbocycles. The Bertz CT molecular complexity index is 735. The molecule has 2 heterocycles. The van der Waals surface area contributed by atoms with Gasteiger partial charge in [-0.3, -0.25) is 9.80 Å². The molecule has 0 N–H and O–H groups in total. The number of carbonyl (C=O) groups is 1. The van der Waals surface area contributed by atoms with E-state index in [4.69, 9.17) is 4.74 Å². The second-order valence-electron chi connectivity index (χ2n) is 11.0. The molecule has 2 aliphatic heterocycles. The van der Waals surface area contributed by atoms with E-state index < -0.39 is 10.0 Å². The quantitative estimate of drug-likeness (QED) is 0.565. The SMILES string of the molecule is CCC1CN(C(C)(C)CCCC2CN(C(C)(C)C)CCN2C(=O)OC)CCN1S(C)(=O)=O. The van der Waals surface area contributed by atoms with Crippen LogP contribution in [0.15, 0.2) is 0 Å². The smallest absolute Gasteiger partial charge is 0.409 e. The van der Waals surface area contributed by atoms with Crippen molar-refractivity contribution >= 4 is 16.1 Å². The Morgan fingerprint density at radius 1 is 0.969 bits per heavy atom. The number of carbonyl (C=O) groups excluding carboxylic acids is 1. The second kappa shape index (κ2) is 10.6. The Balaban J connectivity index is 1.99. The molecule has 0 radical (unpaired) electrons. The number of piperazine rings is 2. The molecule has 32 heavy (non-hydrogen) atoms. The minimum Gasteiger partial charge on any atom is -0.453 e. The first-order chi connectivity index (χ1) is 14.7. The first kappa shape index (κ1) is 27.3. The van der Waals surface area contributed by atoms with Crippen LogP contribution in [0.25, 0.3) is 0 Å². The molecule has 8 nitrogen and oxygen atoms in total. The van der Waals surface area contributed by atoms with Crippen LogP contribution in [0.3, 0.4) is 0 Å². The number of sulfonamides is 1. The van der Waals surface area contributed by atoms with Crippen molar-refractivity contribution in [3.8, 4) is 0 Å². The molecule has 0 aromatic rings. The molecule has 9 heteroatoms. The van der Waals surface area contributed by atoms with Crippen LogP contribution in [-0.4, -0.2) is 109 Å². The molecule has 0 bridgehead atoms. The van der Waals surface area contributed by atoms with Gasteiger partial charge >= 0.3 is 6.09 Å². The number of methoxy groups -OCH3 is 1. The summed E-state index contributed by atoms with van der Waals surface area (Å²) < 4.78 is 31.0. The van der Waals surface area contributed by atoms with E-state index in [1.807, 2.05) is 4.90 Å². The van der Waals surface area contributed by atoms with E-state index in [-0.39, 0.29) is 29.3 Å². The van der Waals surface area contributed by atoms with Crippen molar-refractivity contribution in [2.45, 2.75) is 90.4 Å². The van der Waals surface area contributed by atoms with E-state index in [0.29, 0.717) is 13.1 Å². The number of hydrogen-bond acceptors (Lipinski definition) is 6. The second-order valence-corrected chi connectivity index (χ2v) is 13.0. The van der Waals surface area contributed by atoms with Gasteiger partial charge in [-0.2, -0.15) is 4.31 Å². The van der Waals surface area contributed by atoms with Gasteiger partial charge in [0.05, 0.1) is 13.4 Å². The molecule has 2 fully saturated rings. The van der Waals surface area contributed by atoms with E-state index in [2.05, 4.69) is 51.3 Å². The molecule has 2 saturated heterocycles. The third-order valence-corrected chi connectivity index (χ3v) is 8.68. The van der Waals surface area contributed by atoms with Crippen molar-refractivity contribution in [2.75, 3.05) is 52.6 Å². The maximum absolute atomic E-state index is 12.3. The number of nitrogens with zero attached hydrogens (tertiary/aromatic N) is 4. The van der Waals surface area contributed by atoms with Crippen molar-refractivity contribution in [3.63, 3.8) is 0 Å². The van der Waals surface area contributed by atoms with Gasteiger partial charge in [-0.25, -0.2) is 13.2 Å². The highest BCUT2D eigenvalue weighted by Gasteiger charge is 2.38. The Morgan fingerprint density at radius 3 is 2.09 bits per heavy atom. The van der Waals surface area contributed by atoms with Crippen LogP contribution >= 0.6 is 0 Å². The van der Waals surface area contributed by atoms with Crippen molar-refractivity contribution in [1.82, 2.24) is 19.0 Å². The molecule has 2 rings (SSSR count). The largest absolute Gasteiger partial charge is 0.453 e. The molecule has 2 unspecified atom stereocenters. The van der Waals surface area contributed by atoms with Crippen molar-refractivity contribution in [3.05, 3.63) is 0 Å². The lowest BCUT2D eigenvalue weighted by molar-refractivity contribution is 0.0127. The fraction of sp³-hybridized carbons (Fsp3) is 0.957. The average molecular weight is 475 g/mol. The van der Waals surface area contributed by atoms with E-state index >= 15 is 0 Å². The monoisotopic (exact) mass is 474 g/mol. The number of hydrogen-bond donors (Lipinski definition) is 0. The van der Waals surface area contributed by atoms with Crippen molar-refractivity contribution in [1.29, 1.82) is 0 Å². The summed E-state index contributed by atoms with van der Waals surface area (Å²) in [7, 11) is -1.71. The normalized spacial score (nSPS) is 25.2. The van der Waals surface area contributed by atoms with Gasteiger partial charge in [0.2, 0.25) is 10.0 Å². The lowest BCUT2D eigenvalue weighted by Gasteiger charge is -2.48. The maximum Gasteiger partial charge on any atom is 0.409 e. The van der Waals surface area contributed by atoms with Gasteiger partial charge in [-0.1, -0.05) is 6.92 Å². The zero-order chi connectivity index (χ0) is 24.3. The molecular weight excluding hydrogens is 428 g/mol. The summed E-state index contributed by atoms with van der Waals surface area (Å²) in [5.41, 5.74) is 0.0552. The lowest BCUT2D eigenvalue weighted by atomic mass is 9.91. The zero-order valence-electron chi connectivity index (χ0n) is 21.6. The van der Waals surface area contributed by atoms with Gasteiger partial charge in [-0.15, -0.1) is 0 Å². The summed E-state index contributed by atoms with van der Waals surface area (Å²) in [6.45, 7) is 17.8. The fourth-order valence-corrected chi connectivity index (χ4v) is 6.33. The number of amides is 1. The van der Waals surface area contributed by atoms with Crippen molar-refractivity contribution in [2.24, 2.45) is 0 Å². The first-order valence-corrected chi connectivity index (χ1v) is 13.9. The standard InChI is InChI=1S/C23H46N4O4S/c1-9-19-17-25(14-16-27(19)32(8,29)30)23(5,6)12-10-11-20-18-24(22(2,3)4)13-15-26(20)21(28)31-7/h19-20H,9-18H2,1-8H3. The Labute approximate surface area is 196 Å². The predicted octanol–water partition coefficient (Wildman–Crippen LogP) is 2.84. The summed E-state index contributed by atoms with van der Waals surface area (Å²) in [6, 6.07) is 0.184. The van der Waals surface area contributed by atoms with E-state index in [1.165, 1.54) is 13.4 Å². The lowest BCUT2D eigenvalue weighted by Crippen LogP contribution is -2.60. The topological polar surface area (TPSA) is 73.4 Å². The maximum atomic E-state index is 12.3. The molecule has 1 amide bonds. The summed E-state index contributed by atoms with van der Waals surface area (Å²) in [5, 5.41) is 0. The van der Waals surface area contributed by atoms with Crippen LogP contribution in [0.1, 0.15) is 67.2 Å². The molecule has 2 aliphatic rings. The summed E-state index contributed by atoms with van der Waals surface area (Å²) >= 11 is 0. The highest BCUT2D eigenvalue weighted by atomic mass is 32.2. The van der Waals surface area contributed by atoms with Crippen molar-refractivity contribution < 1.29 is 17.9 Å². The number of ether oxygens (including phenoxy) is 1. The molecule has 0 aromatic heterocycles. The molecule has 2 atom stereocenters. The van der Waals surface area contributed by atoms with Crippen LogP contribution in [0, 0.1) is 0 Å². The summed E-state index contributed by atoms with van der Waals surface area (Å²) in [5.74, 6) is 0. The van der Waals surface area contributed by atoms with Gasteiger partial charge in [-0.05, 0) is 60.3 Å². The van der Waals surface area contributed by atoms with E-state index in [9.17, 15) is 13.2 Å². The highest BCUT2D eigenvalue weighted by molar-refractivity contribution is 7.88. The van der Waals surface area contributed by atoms with Crippen LogP contribution in [0.2, 0.25) is 0 Å². The predicted molar refractivity (Wildman–Crippen MR) is 129 cm³/mol. The van der Waals surface area contributed by atoms with Crippen LogP contribution < -0.4 is 0 Å². The van der Waals surface area contributed by atoms with Gasteiger partial charge in [0.1, 0.15) is 0 Å². The fourth-order valence-electron chi connectivity index (χ4n) is 5.16. The van der Waals surface area contributed by atoms with Gasteiger partial charge < -0.3 is 9.64 Å².